The van der Waals surface area contributed by atoms with Crippen molar-refractivity contribution in [1.29, 1.82) is 0 Å². The number of aromatic amines is 1. The Bertz CT molecular complexity index is 1030. The fourth-order valence-electron chi connectivity index (χ4n) is 4.03. The number of fused-ring (bicyclic) bond motifs is 1. The predicted octanol–water partition coefficient (Wildman–Crippen LogP) is 2.94. The number of H-pyrrole nitrogens is 1. The van der Waals surface area contributed by atoms with E-state index in [-0.39, 0.29) is 29.3 Å². The summed E-state index contributed by atoms with van der Waals surface area (Å²) in [6.07, 6.45) is 1.64. The van der Waals surface area contributed by atoms with Crippen LogP contribution < -0.4 is 5.69 Å². The summed E-state index contributed by atoms with van der Waals surface area (Å²) in [5.41, 5.74) is 2.25. The van der Waals surface area contributed by atoms with E-state index < -0.39 is 0 Å². The van der Waals surface area contributed by atoms with Gasteiger partial charge in [0.25, 0.3) is 0 Å². The maximum atomic E-state index is 12.7. The number of phenols is 1. The number of aromatic nitrogens is 2. The van der Waals surface area contributed by atoms with Crippen molar-refractivity contribution in [1.82, 2.24) is 14.5 Å². The van der Waals surface area contributed by atoms with Gasteiger partial charge >= 0.3 is 5.69 Å². The monoisotopic (exact) mass is 365 g/mol. The topological polar surface area (TPSA) is 78.3 Å². The number of likely N-dealkylation sites (tertiary alicyclic amines) is 1. The molecule has 1 aliphatic rings. The molecule has 1 unspecified atom stereocenters. The number of hydrogen-bond donors (Lipinski definition) is 2. The first-order valence-corrected chi connectivity index (χ1v) is 9.31. The average Bonchev–Trinajstić information content (AvgIpc) is 3.02. The van der Waals surface area contributed by atoms with Crippen molar-refractivity contribution in [3.8, 4) is 5.75 Å². The molecule has 2 aromatic carbocycles. The van der Waals surface area contributed by atoms with E-state index in [9.17, 15) is 14.7 Å². The molecule has 140 valence electrons. The first kappa shape index (κ1) is 17.5. The molecule has 0 aliphatic carbocycles. The molecule has 1 saturated heterocycles. The zero-order valence-electron chi connectivity index (χ0n) is 15.3. The smallest absolute Gasteiger partial charge is 0.326 e. The van der Waals surface area contributed by atoms with Gasteiger partial charge in [0, 0.05) is 24.7 Å². The number of hydrogen-bond acceptors (Lipinski definition) is 4. The number of carbonyl (C=O) groups is 1. The van der Waals surface area contributed by atoms with Gasteiger partial charge in [0.05, 0.1) is 17.1 Å². The van der Waals surface area contributed by atoms with Crippen molar-refractivity contribution in [2.75, 3.05) is 13.1 Å². The number of phenolic OH excluding ortho intramolecular Hbond substituents is 1. The first-order valence-electron chi connectivity index (χ1n) is 9.31. The number of para-hydroxylation sites is 2. The minimum Gasteiger partial charge on any atom is -0.508 e. The number of benzene rings is 2. The minimum absolute atomic E-state index is 0.00797. The molecule has 1 aromatic heterocycles. The van der Waals surface area contributed by atoms with Gasteiger partial charge in [0.1, 0.15) is 5.75 Å². The van der Waals surface area contributed by atoms with Crippen LogP contribution in [0.4, 0.5) is 0 Å². The third kappa shape index (κ3) is 3.28. The number of carbonyl (C=O) groups excluding carboxylic acids is 1. The van der Waals surface area contributed by atoms with Crippen LogP contribution in [0.5, 0.6) is 5.75 Å². The fraction of sp³-hybridized carbons (Fsp3) is 0.333. The number of ketones is 1. The molecule has 0 spiro atoms. The zero-order valence-corrected chi connectivity index (χ0v) is 15.3. The van der Waals surface area contributed by atoms with E-state index in [1.165, 1.54) is 6.07 Å². The lowest BCUT2D eigenvalue weighted by atomic mass is 9.99. The van der Waals surface area contributed by atoms with Crippen molar-refractivity contribution in [2.24, 2.45) is 0 Å². The van der Waals surface area contributed by atoms with Gasteiger partial charge in [-0.1, -0.05) is 24.3 Å². The second-order valence-corrected chi connectivity index (χ2v) is 7.17. The van der Waals surface area contributed by atoms with Gasteiger partial charge in [-0.15, -0.1) is 0 Å². The second-order valence-electron chi connectivity index (χ2n) is 7.17. The molecule has 1 aliphatic heterocycles. The number of nitrogens with one attached hydrogen (secondary N) is 1. The molecule has 6 heteroatoms. The Morgan fingerprint density at radius 3 is 2.63 bits per heavy atom. The highest BCUT2D eigenvalue weighted by atomic mass is 16.3. The van der Waals surface area contributed by atoms with Gasteiger partial charge in [0.2, 0.25) is 0 Å². The molecular weight excluding hydrogens is 342 g/mol. The Labute approximate surface area is 157 Å². The van der Waals surface area contributed by atoms with Crippen molar-refractivity contribution >= 4 is 16.8 Å². The molecule has 0 amide bonds. The van der Waals surface area contributed by atoms with Crippen LogP contribution in [0.3, 0.4) is 0 Å². The summed E-state index contributed by atoms with van der Waals surface area (Å²) < 4.78 is 1.86. The summed E-state index contributed by atoms with van der Waals surface area (Å²) in [4.78, 5) is 30.2. The number of imidazole rings is 1. The average molecular weight is 365 g/mol. The molecule has 1 fully saturated rings. The van der Waals surface area contributed by atoms with Crippen molar-refractivity contribution in [3.05, 3.63) is 64.6 Å². The summed E-state index contributed by atoms with van der Waals surface area (Å²) in [6.45, 7) is 3.41. The number of rotatable bonds is 4. The Morgan fingerprint density at radius 2 is 1.89 bits per heavy atom. The third-order valence-electron chi connectivity index (χ3n) is 5.55. The normalized spacial score (nSPS) is 17.2. The molecule has 1 atom stereocenters. The van der Waals surface area contributed by atoms with E-state index >= 15 is 0 Å². The molecule has 0 bridgehead atoms. The highest BCUT2D eigenvalue weighted by Gasteiger charge is 2.29. The predicted molar refractivity (Wildman–Crippen MR) is 104 cm³/mol. The molecular formula is C21H23N3O3. The summed E-state index contributed by atoms with van der Waals surface area (Å²) in [5.74, 6) is 0.110. The van der Waals surface area contributed by atoms with E-state index in [2.05, 4.69) is 9.88 Å². The minimum atomic E-state index is -0.257. The van der Waals surface area contributed by atoms with Gasteiger partial charge in [-0.2, -0.15) is 0 Å². The van der Waals surface area contributed by atoms with Gasteiger partial charge in [0.15, 0.2) is 5.78 Å². The molecule has 0 radical (unpaired) electrons. The number of aromatic hydroxyl groups is 1. The lowest BCUT2D eigenvalue weighted by Gasteiger charge is -2.35. The summed E-state index contributed by atoms with van der Waals surface area (Å²) in [5, 5.41) is 9.61. The molecule has 0 saturated carbocycles. The van der Waals surface area contributed by atoms with Gasteiger partial charge < -0.3 is 10.1 Å². The van der Waals surface area contributed by atoms with Crippen LogP contribution in [0.15, 0.2) is 53.3 Å². The lowest BCUT2D eigenvalue weighted by Crippen LogP contribution is -2.45. The highest BCUT2D eigenvalue weighted by molar-refractivity contribution is 6.00. The molecule has 6 nitrogen and oxygen atoms in total. The van der Waals surface area contributed by atoms with Crippen LogP contribution in [0.2, 0.25) is 0 Å². The number of piperidine rings is 1. The summed E-state index contributed by atoms with van der Waals surface area (Å²) in [6, 6.07) is 14.1. The first-order chi connectivity index (χ1) is 13.0. The van der Waals surface area contributed by atoms with Gasteiger partial charge in [-0.3, -0.25) is 14.3 Å². The van der Waals surface area contributed by atoms with Gasteiger partial charge in [-0.25, -0.2) is 4.79 Å². The maximum Gasteiger partial charge on any atom is 0.326 e. The van der Waals surface area contributed by atoms with Crippen LogP contribution in [-0.4, -0.2) is 44.5 Å². The van der Waals surface area contributed by atoms with Crippen LogP contribution in [0, 0.1) is 0 Å². The second kappa shape index (κ2) is 7.04. The fourth-order valence-corrected chi connectivity index (χ4v) is 4.03. The Kier molecular flexibility index (Phi) is 4.58. The summed E-state index contributed by atoms with van der Waals surface area (Å²) >= 11 is 0. The number of Topliss-reactive ketones (excluding diaryl/α,β-unsaturated/α-hetero) is 1. The number of nitrogens with zero attached hydrogens (tertiary/aromatic N) is 2. The molecule has 2 heterocycles. The lowest BCUT2D eigenvalue weighted by molar-refractivity contribution is 0.0775. The highest BCUT2D eigenvalue weighted by Crippen LogP contribution is 2.26. The molecule has 3 aromatic rings. The van der Waals surface area contributed by atoms with Gasteiger partial charge in [-0.05, 0) is 44.0 Å². The van der Waals surface area contributed by atoms with E-state index in [1.807, 2.05) is 35.8 Å². The van der Waals surface area contributed by atoms with E-state index in [0.29, 0.717) is 5.56 Å². The van der Waals surface area contributed by atoms with Crippen LogP contribution >= 0.6 is 0 Å². The SMILES string of the molecule is CC(C(=O)c1cccc(O)c1)N1CCC(n2c(=O)[nH]c3ccccc32)CC1. The quantitative estimate of drug-likeness (QED) is 0.697. The molecule has 27 heavy (non-hydrogen) atoms. The van der Waals surface area contributed by atoms with Crippen LogP contribution in [-0.2, 0) is 0 Å². The van der Waals surface area contributed by atoms with Crippen molar-refractivity contribution in [2.45, 2.75) is 31.8 Å². The Morgan fingerprint density at radius 1 is 1.15 bits per heavy atom. The molecule has 4 rings (SSSR count). The molecule has 2 N–H and O–H groups in total. The summed E-state index contributed by atoms with van der Waals surface area (Å²) in [7, 11) is 0. The third-order valence-corrected chi connectivity index (χ3v) is 5.55. The maximum absolute atomic E-state index is 12.7. The largest absolute Gasteiger partial charge is 0.508 e. The zero-order chi connectivity index (χ0) is 19.0. The van der Waals surface area contributed by atoms with Crippen molar-refractivity contribution in [3.63, 3.8) is 0 Å². The Balaban J connectivity index is 1.48. The van der Waals surface area contributed by atoms with Crippen LogP contribution in [0.1, 0.15) is 36.2 Å². The van der Waals surface area contributed by atoms with E-state index in [1.54, 1.807) is 18.2 Å². The van der Waals surface area contributed by atoms with E-state index in [0.717, 1.165) is 37.0 Å². The van der Waals surface area contributed by atoms with Crippen molar-refractivity contribution < 1.29 is 9.90 Å². The van der Waals surface area contributed by atoms with E-state index in [4.69, 9.17) is 0 Å². The Hall–Kier alpha value is -2.86. The van der Waals surface area contributed by atoms with Crippen LogP contribution in [0.25, 0.3) is 11.0 Å². The standard InChI is InChI=1S/C21H23N3O3/c1-14(20(26)15-5-4-6-17(25)13-15)23-11-9-16(10-12-23)24-19-8-3-2-7-18(19)22-21(24)27/h2-8,13-14,16,25H,9-12H2,1H3,(H,22,27).